The molecule has 1 N–H and O–H groups in total. The van der Waals surface area contributed by atoms with Crippen LogP contribution < -0.4 is 5.32 Å². The largest absolute Gasteiger partial charge is 0.350 e. The fraction of sp³-hybridized carbons (Fsp3) is 0.118. The van der Waals surface area contributed by atoms with E-state index in [4.69, 9.17) is 0 Å². The molecule has 1 aromatic carbocycles. The van der Waals surface area contributed by atoms with Gasteiger partial charge in [-0.2, -0.15) is 0 Å². The number of nitrogens with zero attached hydrogens (tertiary/aromatic N) is 4. The molecule has 120 valence electrons. The first-order valence-electron chi connectivity index (χ1n) is 7.43. The van der Waals surface area contributed by atoms with Crippen molar-refractivity contribution in [1.29, 1.82) is 0 Å². The number of aromatic nitrogens is 4. The van der Waals surface area contributed by atoms with Crippen molar-refractivity contribution in [3.05, 3.63) is 59.5 Å². The summed E-state index contributed by atoms with van der Waals surface area (Å²) in [7, 11) is 1.86. The van der Waals surface area contributed by atoms with Crippen LogP contribution in [-0.4, -0.2) is 19.5 Å². The summed E-state index contributed by atoms with van der Waals surface area (Å²) in [4.78, 5) is 13.2. The Morgan fingerprint density at radius 1 is 1.17 bits per heavy atom. The number of halogens is 1. The minimum Gasteiger partial charge on any atom is -0.350 e. The maximum atomic E-state index is 13.8. The van der Waals surface area contributed by atoms with Gasteiger partial charge in [-0.15, -0.1) is 11.3 Å². The Kier molecular flexibility index (Phi) is 3.70. The van der Waals surface area contributed by atoms with E-state index in [0.717, 1.165) is 21.9 Å². The number of imidazole rings is 1. The van der Waals surface area contributed by atoms with E-state index in [2.05, 4.69) is 20.3 Å². The summed E-state index contributed by atoms with van der Waals surface area (Å²) in [5.74, 6) is 0.296. The molecule has 0 aliphatic rings. The molecule has 0 fully saturated rings. The number of para-hydroxylation sites is 1. The van der Waals surface area contributed by atoms with E-state index < -0.39 is 0 Å². The molecule has 24 heavy (non-hydrogen) atoms. The average molecular weight is 339 g/mol. The lowest BCUT2D eigenvalue weighted by atomic mass is 10.3. The summed E-state index contributed by atoms with van der Waals surface area (Å²) in [5.41, 5.74) is 2.88. The topological polar surface area (TPSA) is 55.6 Å². The third-order valence-corrected chi connectivity index (χ3v) is 4.64. The number of aryl methyl sites for hydroxylation is 1. The zero-order chi connectivity index (χ0) is 16.5. The van der Waals surface area contributed by atoms with E-state index in [-0.39, 0.29) is 5.82 Å². The number of rotatable bonds is 4. The standard InChI is InChI=1S/C17H14FN5S/c1-23-14-7-4-5-12(18)15(14)22-17(23)20-9-11-10-24-16(21-11)13-6-2-3-8-19-13/h2-8,10H,9H2,1H3,(H,20,22). The van der Waals surface area contributed by atoms with Gasteiger partial charge in [-0.05, 0) is 24.3 Å². The Bertz CT molecular complexity index is 993. The second kappa shape index (κ2) is 6.01. The molecule has 0 aliphatic heterocycles. The Morgan fingerprint density at radius 3 is 2.88 bits per heavy atom. The van der Waals surface area contributed by atoms with Gasteiger partial charge in [-0.3, -0.25) is 4.98 Å². The zero-order valence-electron chi connectivity index (χ0n) is 12.9. The van der Waals surface area contributed by atoms with Gasteiger partial charge in [0.15, 0.2) is 5.82 Å². The normalized spacial score (nSPS) is 11.1. The monoisotopic (exact) mass is 339 g/mol. The van der Waals surface area contributed by atoms with Crippen LogP contribution in [0.2, 0.25) is 0 Å². The molecule has 4 aromatic rings. The molecule has 0 bridgehead atoms. The number of hydrogen-bond acceptors (Lipinski definition) is 5. The number of benzene rings is 1. The van der Waals surface area contributed by atoms with Crippen molar-refractivity contribution in [3.63, 3.8) is 0 Å². The van der Waals surface area contributed by atoms with Gasteiger partial charge in [0.1, 0.15) is 10.5 Å². The SMILES string of the molecule is Cn1c(NCc2csc(-c3ccccn3)n2)nc2c(F)cccc21. The smallest absolute Gasteiger partial charge is 0.204 e. The lowest BCUT2D eigenvalue weighted by molar-refractivity contribution is 0.637. The van der Waals surface area contributed by atoms with Crippen molar-refractivity contribution in [2.24, 2.45) is 7.05 Å². The number of thiazole rings is 1. The van der Waals surface area contributed by atoms with Crippen LogP contribution in [0.3, 0.4) is 0 Å². The minimum atomic E-state index is -0.317. The molecule has 0 amide bonds. The third-order valence-electron chi connectivity index (χ3n) is 3.73. The quantitative estimate of drug-likeness (QED) is 0.614. The maximum absolute atomic E-state index is 13.8. The third kappa shape index (κ3) is 2.63. The highest BCUT2D eigenvalue weighted by atomic mass is 32.1. The fourth-order valence-corrected chi connectivity index (χ4v) is 3.30. The van der Waals surface area contributed by atoms with Crippen molar-refractivity contribution in [1.82, 2.24) is 19.5 Å². The molecular weight excluding hydrogens is 325 g/mol. The summed E-state index contributed by atoms with van der Waals surface area (Å²) in [6.45, 7) is 0.516. The zero-order valence-corrected chi connectivity index (χ0v) is 13.7. The molecule has 5 nitrogen and oxygen atoms in total. The summed E-state index contributed by atoms with van der Waals surface area (Å²) >= 11 is 1.55. The molecule has 4 rings (SSSR count). The first-order chi connectivity index (χ1) is 11.7. The minimum absolute atomic E-state index is 0.317. The Hall–Kier alpha value is -2.80. The lowest BCUT2D eigenvalue weighted by Gasteiger charge is -2.04. The van der Waals surface area contributed by atoms with Gasteiger partial charge >= 0.3 is 0 Å². The highest BCUT2D eigenvalue weighted by Crippen LogP contribution is 2.23. The van der Waals surface area contributed by atoms with Crippen LogP contribution in [0.4, 0.5) is 10.3 Å². The number of fused-ring (bicyclic) bond motifs is 1. The van der Waals surface area contributed by atoms with E-state index in [9.17, 15) is 4.39 Å². The molecule has 0 radical (unpaired) electrons. The van der Waals surface area contributed by atoms with Gasteiger partial charge in [0, 0.05) is 18.6 Å². The predicted molar refractivity (Wildman–Crippen MR) is 93.3 cm³/mol. The molecule has 0 unspecified atom stereocenters. The Balaban J connectivity index is 1.55. The Morgan fingerprint density at radius 2 is 2.08 bits per heavy atom. The summed E-state index contributed by atoms with van der Waals surface area (Å²) in [6, 6.07) is 10.7. The molecule has 3 heterocycles. The first-order valence-corrected chi connectivity index (χ1v) is 8.31. The van der Waals surface area contributed by atoms with Crippen LogP contribution in [0.15, 0.2) is 48.0 Å². The number of nitrogens with one attached hydrogen (secondary N) is 1. The molecule has 3 aromatic heterocycles. The van der Waals surface area contributed by atoms with E-state index in [1.165, 1.54) is 6.07 Å². The average Bonchev–Trinajstić information content (AvgIpc) is 3.20. The van der Waals surface area contributed by atoms with Gasteiger partial charge in [0.25, 0.3) is 0 Å². The molecular formula is C17H14FN5S. The van der Waals surface area contributed by atoms with Crippen molar-refractivity contribution in [2.45, 2.75) is 6.54 Å². The van der Waals surface area contributed by atoms with Gasteiger partial charge in [0.05, 0.1) is 23.4 Å². The summed E-state index contributed by atoms with van der Waals surface area (Å²) < 4.78 is 15.7. The Labute approximate surface area is 141 Å². The van der Waals surface area contributed by atoms with Crippen LogP contribution in [0.1, 0.15) is 5.69 Å². The molecule has 0 aliphatic carbocycles. The number of anilines is 1. The molecule has 7 heteroatoms. The molecule has 0 atom stereocenters. The van der Waals surface area contributed by atoms with Crippen molar-refractivity contribution < 1.29 is 4.39 Å². The van der Waals surface area contributed by atoms with E-state index in [1.54, 1.807) is 23.6 Å². The van der Waals surface area contributed by atoms with Crippen LogP contribution in [0, 0.1) is 5.82 Å². The van der Waals surface area contributed by atoms with Crippen molar-refractivity contribution in [3.8, 4) is 10.7 Å². The van der Waals surface area contributed by atoms with E-state index >= 15 is 0 Å². The van der Waals surface area contributed by atoms with Gasteiger partial charge in [-0.25, -0.2) is 14.4 Å². The second-order valence-electron chi connectivity index (χ2n) is 5.31. The predicted octanol–water partition coefficient (Wildman–Crippen LogP) is 3.84. The lowest BCUT2D eigenvalue weighted by Crippen LogP contribution is -2.05. The highest BCUT2D eigenvalue weighted by molar-refractivity contribution is 7.13. The van der Waals surface area contributed by atoms with Crippen LogP contribution >= 0.6 is 11.3 Å². The van der Waals surface area contributed by atoms with E-state index in [1.807, 2.05) is 41.3 Å². The van der Waals surface area contributed by atoms with Crippen LogP contribution in [-0.2, 0) is 13.6 Å². The van der Waals surface area contributed by atoms with Crippen molar-refractivity contribution in [2.75, 3.05) is 5.32 Å². The van der Waals surface area contributed by atoms with E-state index in [0.29, 0.717) is 18.0 Å². The van der Waals surface area contributed by atoms with Crippen LogP contribution in [0.25, 0.3) is 21.7 Å². The molecule has 0 spiro atoms. The highest BCUT2D eigenvalue weighted by Gasteiger charge is 2.11. The fourth-order valence-electron chi connectivity index (χ4n) is 2.50. The van der Waals surface area contributed by atoms with Gasteiger partial charge in [0.2, 0.25) is 5.95 Å². The van der Waals surface area contributed by atoms with Gasteiger partial charge in [-0.1, -0.05) is 12.1 Å². The first kappa shape index (κ1) is 14.8. The second-order valence-corrected chi connectivity index (χ2v) is 6.17. The summed E-state index contributed by atoms with van der Waals surface area (Å²) in [6.07, 6.45) is 1.75. The van der Waals surface area contributed by atoms with Crippen LogP contribution in [0.5, 0.6) is 0 Å². The van der Waals surface area contributed by atoms with Gasteiger partial charge < -0.3 is 9.88 Å². The number of hydrogen-bond donors (Lipinski definition) is 1. The molecule has 0 saturated heterocycles. The maximum Gasteiger partial charge on any atom is 0.204 e. The molecule has 0 saturated carbocycles. The van der Waals surface area contributed by atoms with Crippen molar-refractivity contribution >= 4 is 28.3 Å². The number of pyridine rings is 1. The summed E-state index contributed by atoms with van der Waals surface area (Å²) in [5, 5.41) is 6.08.